The van der Waals surface area contributed by atoms with E-state index in [0.717, 1.165) is 24.8 Å². The molecule has 1 saturated carbocycles. The molecule has 1 amide bonds. The van der Waals surface area contributed by atoms with E-state index in [4.69, 9.17) is 4.52 Å². The Balaban J connectivity index is 1.49. The molecule has 0 unspecified atom stereocenters. The highest BCUT2D eigenvalue weighted by molar-refractivity contribution is 6.00. The van der Waals surface area contributed by atoms with Gasteiger partial charge in [0.15, 0.2) is 5.82 Å². The van der Waals surface area contributed by atoms with Gasteiger partial charge in [-0.25, -0.2) is 9.97 Å². The minimum Gasteiger partial charge on any atom is -0.349 e. The van der Waals surface area contributed by atoms with Gasteiger partial charge in [-0.15, -0.1) is 0 Å². The summed E-state index contributed by atoms with van der Waals surface area (Å²) in [5.41, 5.74) is 2.16. The standard InChI is InChI=1S/C20H22N6O2/c1-12-10-21-20(22-11-12)25-17-9-5-8-16(17)24-18(27)14-6-3-4-7-15(14)19-23-13(2)26-28-19/h3-4,6-7,10-11,16-17H,5,8-9H2,1-2H3,(H,24,27)(H,21,22,25)/t16-,17+/m1/s1. The van der Waals surface area contributed by atoms with Crippen molar-refractivity contribution in [1.29, 1.82) is 0 Å². The van der Waals surface area contributed by atoms with Crippen molar-refractivity contribution >= 4 is 11.9 Å². The largest absolute Gasteiger partial charge is 0.349 e. The number of carbonyl (C=O) groups is 1. The highest BCUT2D eigenvalue weighted by Crippen LogP contribution is 2.25. The van der Waals surface area contributed by atoms with Crippen LogP contribution in [-0.2, 0) is 0 Å². The second-order valence-electron chi connectivity index (χ2n) is 7.04. The van der Waals surface area contributed by atoms with Crippen LogP contribution in [-0.4, -0.2) is 38.1 Å². The van der Waals surface area contributed by atoms with Gasteiger partial charge in [0.2, 0.25) is 5.95 Å². The van der Waals surface area contributed by atoms with Gasteiger partial charge in [-0.1, -0.05) is 17.3 Å². The number of aromatic nitrogens is 4. The first-order valence-electron chi connectivity index (χ1n) is 9.36. The first-order chi connectivity index (χ1) is 13.6. The Bertz CT molecular complexity index is 969. The fraction of sp³-hybridized carbons (Fsp3) is 0.350. The maximum atomic E-state index is 13.0. The molecule has 28 heavy (non-hydrogen) atoms. The SMILES string of the molecule is Cc1cnc(N[C@H]2CCC[C@H]2NC(=O)c2ccccc2-c2nc(C)no2)nc1. The molecule has 8 heteroatoms. The number of hydrogen-bond donors (Lipinski definition) is 2. The molecule has 0 spiro atoms. The van der Waals surface area contributed by atoms with Crippen LogP contribution in [0.1, 0.15) is 41.0 Å². The molecule has 0 saturated heterocycles. The number of carbonyl (C=O) groups excluding carboxylic acids is 1. The van der Waals surface area contributed by atoms with Crippen molar-refractivity contribution in [2.75, 3.05) is 5.32 Å². The summed E-state index contributed by atoms with van der Waals surface area (Å²) in [5.74, 6) is 1.30. The van der Waals surface area contributed by atoms with Crippen LogP contribution in [0.2, 0.25) is 0 Å². The van der Waals surface area contributed by atoms with Crippen molar-refractivity contribution in [3.63, 3.8) is 0 Å². The Labute approximate surface area is 162 Å². The maximum absolute atomic E-state index is 13.0. The van der Waals surface area contributed by atoms with Crippen LogP contribution >= 0.6 is 0 Å². The lowest BCUT2D eigenvalue weighted by molar-refractivity contribution is 0.0936. The highest BCUT2D eigenvalue weighted by atomic mass is 16.5. The van der Waals surface area contributed by atoms with Gasteiger partial charge in [-0.2, -0.15) is 4.98 Å². The fourth-order valence-corrected chi connectivity index (χ4v) is 3.46. The van der Waals surface area contributed by atoms with Gasteiger partial charge < -0.3 is 15.2 Å². The number of amides is 1. The number of aryl methyl sites for hydroxylation is 2. The Morgan fingerprint density at radius 2 is 1.86 bits per heavy atom. The summed E-state index contributed by atoms with van der Waals surface area (Å²) < 4.78 is 5.25. The normalized spacial score (nSPS) is 18.8. The number of hydrogen-bond acceptors (Lipinski definition) is 7. The average Bonchev–Trinajstić information content (AvgIpc) is 3.32. The first-order valence-corrected chi connectivity index (χ1v) is 9.36. The van der Waals surface area contributed by atoms with E-state index in [0.29, 0.717) is 28.8 Å². The number of nitrogens with one attached hydrogen (secondary N) is 2. The van der Waals surface area contributed by atoms with E-state index in [1.165, 1.54) is 0 Å². The predicted octanol–water partition coefficient (Wildman–Crippen LogP) is 2.91. The van der Waals surface area contributed by atoms with Crippen molar-refractivity contribution in [3.8, 4) is 11.5 Å². The molecule has 2 N–H and O–H groups in total. The molecule has 1 fully saturated rings. The Kier molecular flexibility index (Phi) is 5.01. The third kappa shape index (κ3) is 3.85. The lowest BCUT2D eigenvalue weighted by Gasteiger charge is -2.22. The third-order valence-corrected chi connectivity index (χ3v) is 4.86. The summed E-state index contributed by atoms with van der Waals surface area (Å²) in [6.45, 7) is 3.70. The molecule has 4 rings (SSSR count). The van der Waals surface area contributed by atoms with E-state index in [9.17, 15) is 4.79 Å². The summed E-state index contributed by atoms with van der Waals surface area (Å²) in [6.07, 6.45) is 6.43. The van der Waals surface area contributed by atoms with Gasteiger partial charge in [0, 0.05) is 24.5 Å². The predicted molar refractivity (Wildman–Crippen MR) is 104 cm³/mol. The second-order valence-corrected chi connectivity index (χ2v) is 7.04. The van der Waals surface area contributed by atoms with Gasteiger partial charge in [0.25, 0.3) is 11.8 Å². The zero-order valence-corrected chi connectivity index (χ0v) is 15.8. The Morgan fingerprint density at radius 3 is 2.61 bits per heavy atom. The summed E-state index contributed by atoms with van der Waals surface area (Å²) in [6, 6.07) is 7.34. The van der Waals surface area contributed by atoms with Crippen molar-refractivity contribution in [2.45, 2.75) is 45.2 Å². The van der Waals surface area contributed by atoms with Gasteiger partial charge in [0.05, 0.1) is 11.1 Å². The zero-order chi connectivity index (χ0) is 19.5. The molecule has 2 atom stereocenters. The van der Waals surface area contributed by atoms with Crippen LogP contribution in [0.4, 0.5) is 5.95 Å². The molecule has 1 aliphatic carbocycles. The molecule has 8 nitrogen and oxygen atoms in total. The van der Waals surface area contributed by atoms with Crippen molar-refractivity contribution < 1.29 is 9.32 Å². The molecule has 2 heterocycles. The quantitative estimate of drug-likeness (QED) is 0.703. The van der Waals surface area contributed by atoms with E-state index >= 15 is 0 Å². The maximum Gasteiger partial charge on any atom is 0.258 e. The van der Waals surface area contributed by atoms with Gasteiger partial charge in [-0.3, -0.25) is 4.79 Å². The molecular weight excluding hydrogens is 356 g/mol. The Morgan fingerprint density at radius 1 is 1.11 bits per heavy atom. The fourth-order valence-electron chi connectivity index (χ4n) is 3.46. The smallest absolute Gasteiger partial charge is 0.258 e. The van der Waals surface area contributed by atoms with Gasteiger partial charge in [-0.05, 0) is 50.8 Å². The van der Waals surface area contributed by atoms with E-state index in [1.54, 1.807) is 25.4 Å². The summed E-state index contributed by atoms with van der Waals surface area (Å²) in [4.78, 5) is 25.8. The van der Waals surface area contributed by atoms with Gasteiger partial charge >= 0.3 is 0 Å². The van der Waals surface area contributed by atoms with Crippen LogP contribution in [0.15, 0.2) is 41.2 Å². The monoisotopic (exact) mass is 378 g/mol. The summed E-state index contributed by atoms with van der Waals surface area (Å²) in [7, 11) is 0. The topological polar surface area (TPSA) is 106 Å². The molecule has 2 aromatic heterocycles. The van der Waals surface area contributed by atoms with Crippen LogP contribution < -0.4 is 10.6 Å². The molecule has 144 valence electrons. The number of rotatable bonds is 5. The number of nitrogens with zero attached hydrogens (tertiary/aromatic N) is 4. The minimum absolute atomic E-state index is 0.00474. The van der Waals surface area contributed by atoms with E-state index in [-0.39, 0.29) is 18.0 Å². The summed E-state index contributed by atoms with van der Waals surface area (Å²) in [5, 5.41) is 10.3. The van der Waals surface area contributed by atoms with Crippen LogP contribution in [0.25, 0.3) is 11.5 Å². The molecule has 0 aliphatic heterocycles. The Hall–Kier alpha value is -3.29. The molecule has 1 aliphatic rings. The number of benzene rings is 1. The molecule has 3 aromatic rings. The lowest BCUT2D eigenvalue weighted by Crippen LogP contribution is -2.43. The average molecular weight is 378 g/mol. The zero-order valence-electron chi connectivity index (χ0n) is 15.8. The first kappa shape index (κ1) is 18.1. The third-order valence-electron chi connectivity index (χ3n) is 4.86. The van der Waals surface area contributed by atoms with Crippen molar-refractivity contribution in [1.82, 2.24) is 25.4 Å². The van der Waals surface area contributed by atoms with Crippen LogP contribution in [0.5, 0.6) is 0 Å². The van der Waals surface area contributed by atoms with Crippen molar-refractivity contribution in [2.24, 2.45) is 0 Å². The van der Waals surface area contributed by atoms with E-state index in [2.05, 4.69) is 30.7 Å². The molecular formula is C20H22N6O2. The van der Waals surface area contributed by atoms with Gasteiger partial charge in [0.1, 0.15) is 0 Å². The van der Waals surface area contributed by atoms with Crippen LogP contribution in [0, 0.1) is 13.8 Å². The molecule has 0 bridgehead atoms. The van der Waals surface area contributed by atoms with Crippen LogP contribution in [0.3, 0.4) is 0 Å². The van der Waals surface area contributed by atoms with E-state index < -0.39 is 0 Å². The molecule has 1 aromatic carbocycles. The highest BCUT2D eigenvalue weighted by Gasteiger charge is 2.30. The van der Waals surface area contributed by atoms with E-state index in [1.807, 2.05) is 25.1 Å². The number of anilines is 1. The summed E-state index contributed by atoms with van der Waals surface area (Å²) >= 11 is 0. The second kappa shape index (κ2) is 7.75. The molecule has 0 radical (unpaired) electrons. The lowest BCUT2D eigenvalue weighted by atomic mass is 10.1. The van der Waals surface area contributed by atoms with Crippen molar-refractivity contribution in [3.05, 3.63) is 53.6 Å². The minimum atomic E-state index is -0.157.